The summed E-state index contributed by atoms with van der Waals surface area (Å²) in [6, 6.07) is 9.87. The smallest absolute Gasteiger partial charge is 0.227 e. The third-order valence-electron chi connectivity index (χ3n) is 4.25. The molecule has 164 valence electrons. The number of nitrogens with zero attached hydrogens (tertiary/aromatic N) is 2. The van der Waals surface area contributed by atoms with Gasteiger partial charge in [-0.2, -0.15) is 0 Å². The average molecular weight is 525 g/mol. The number of benzene rings is 1. The Labute approximate surface area is 196 Å². The molecule has 2 aromatic rings. The highest BCUT2D eigenvalue weighted by molar-refractivity contribution is 14.0. The minimum atomic E-state index is -0.106. The SMILES string of the molecule is CCNC(=NCCC(=O)Nc1ccc(C)cn1)NCCc1cc(C)ccc1OC.I. The molecule has 0 atom stereocenters. The first-order chi connectivity index (χ1) is 14.0. The van der Waals surface area contributed by atoms with Gasteiger partial charge in [0.2, 0.25) is 5.91 Å². The lowest BCUT2D eigenvalue weighted by molar-refractivity contribution is -0.116. The molecule has 3 N–H and O–H groups in total. The van der Waals surface area contributed by atoms with Gasteiger partial charge in [-0.15, -0.1) is 24.0 Å². The molecule has 30 heavy (non-hydrogen) atoms. The molecule has 1 aromatic carbocycles. The summed E-state index contributed by atoms with van der Waals surface area (Å²) >= 11 is 0. The Morgan fingerprint density at radius 1 is 1.13 bits per heavy atom. The van der Waals surface area contributed by atoms with Crippen LogP contribution in [0.4, 0.5) is 5.82 Å². The fraction of sp³-hybridized carbons (Fsp3) is 0.409. The second-order valence-corrected chi connectivity index (χ2v) is 6.77. The van der Waals surface area contributed by atoms with Crippen LogP contribution in [0.15, 0.2) is 41.5 Å². The minimum absolute atomic E-state index is 0. The number of hydrogen-bond acceptors (Lipinski definition) is 4. The first kappa shape index (κ1) is 25.7. The van der Waals surface area contributed by atoms with Gasteiger partial charge in [-0.25, -0.2) is 4.98 Å². The molecule has 0 fully saturated rings. The number of pyridine rings is 1. The van der Waals surface area contributed by atoms with E-state index < -0.39 is 0 Å². The Kier molecular flexibility index (Phi) is 11.8. The normalized spacial score (nSPS) is 10.7. The Bertz CT molecular complexity index is 825. The number of nitrogens with one attached hydrogen (secondary N) is 3. The lowest BCUT2D eigenvalue weighted by Crippen LogP contribution is -2.38. The van der Waals surface area contributed by atoms with Crippen molar-refractivity contribution in [1.82, 2.24) is 15.6 Å². The van der Waals surface area contributed by atoms with Gasteiger partial charge in [-0.05, 0) is 50.5 Å². The Morgan fingerprint density at radius 2 is 1.90 bits per heavy atom. The molecule has 1 amide bonds. The lowest BCUT2D eigenvalue weighted by atomic mass is 10.1. The maximum atomic E-state index is 12.1. The third kappa shape index (κ3) is 8.98. The van der Waals surface area contributed by atoms with E-state index in [4.69, 9.17) is 4.74 Å². The molecular weight excluding hydrogens is 493 g/mol. The summed E-state index contributed by atoms with van der Waals surface area (Å²) in [6.45, 7) is 7.89. The zero-order valence-corrected chi connectivity index (χ0v) is 20.4. The zero-order valence-electron chi connectivity index (χ0n) is 18.1. The number of anilines is 1. The van der Waals surface area contributed by atoms with Crippen molar-refractivity contribution in [2.75, 3.05) is 32.1 Å². The average Bonchev–Trinajstić information content (AvgIpc) is 2.70. The molecule has 1 heterocycles. The molecule has 0 saturated carbocycles. The van der Waals surface area contributed by atoms with Crippen LogP contribution in [-0.2, 0) is 11.2 Å². The van der Waals surface area contributed by atoms with Crippen molar-refractivity contribution in [3.05, 3.63) is 53.2 Å². The van der Waals surface area contributed by atoms with Crippen molar-refractivity contribution in [2.24, 2.45) is 4.99 Å². The summed E-state index contributed by atoms with van der Waals surface area (Å²) in [5.41, 5.74) is 3.41. The topological polar surface area (TPSA) is 87.6 Å². The van der Waals surface area contributed by atoms with Gasteiger partial charge in [0.25, 0.3) is 0 Å². The molecule has 0 bridgehead atoms. The summed E-state index contributed by atoms with van der Waals surface area (Å²) in [7, 11) is 1.68. The number of amides is 1. The number of carbonyl (C=O) groups excluding carboxylic acids is 1. The molecule has 0 aliphatic carbocycles. The molecule has 0 unspecified atom stereocenters. The number of hydrogen-bond donors (Lipinski definition) is 3. The van der Waals surface area contributed by atoms with Crippen LogP contribution in [0.5, 0.6) is 5.75 Å². The van der Waals surface area contributed by atoms with Crippen LogP contribution in [0.3, 0.4) is 0 Å². The molecule has 7 nitrogen and oxygen atoms in total. The number of ether oxygens (including phenoxy) is 1. The second kappa shape index (κ2) is 13.8. The monoisotopic (exact) mass is 525 g/mol. The maximum Gasteiger partial charge on any atom is 0.227 e. The van der Waals surface area contributed by atoms with Crippen molar-refractivity contribution in [3.8, 4) is 5.75 Å². The quantitative estimate of drug-likeness (QED) is 0.265. The lowest BCUT2D eigenvalue weighted by Gasteiger charge is -2.13. The van der Waals surface area contributed by atoms with Crippen LogP contribution in [0.1, 0.15) is 30.0 Å². The minimum Gasteiger partial charge on any atom is -0.496 e. The van der Waals surface area contributed by atoms with Crippen LogP contribution in [-0.4, -0.2) is 43.6 Å². The molecule has 0 aliphatic rings. The Hall–Kier alpha value is -2.36. The van der Waals surface area contributed by atoms with E-state index in [9.17, 15) is 4.79 Å². The largest absolute Gasteiger partial charge is 0.496 e. The van der Waals surface area contributed by atoms with Crippen LogP contribution in [0.2, 0.25) is 0 Å². The van der Waals surface area contributed by atoms with E-state index in [0.717, 1.165) is 29.8 Å². The highest BCUT2D eigenvalue weighted by Crippen LogP contribution is 2.19. The van der Waals surface area contributed by atoms with Gasteiger partial charge in [0.1, 0.15) is 11.6 Å². The number of rotatable bonds is 9. The highest BCUT2D eigenvalue weighted by Gasteiger charge is 2.06. The van der Waals surface area contributed by atoms with Gasteiger partial charge in [0.15, 0.2) is 5.96 Å². The van der Waals surface area contributed by atoms with Crippen molar-refractivity contribution < 1.29 is 9.53 Å². The number of halogens is 1. The first-order valence-corrected chi connectivity index (χ1v) is 9.90. The number of carbonyl (C=O) groups is 1. The molecule has 0 spiro atoms. The number of aromatic nitrogens is 1. The summed E-state index contributed by atoms with van der Waals surface area (Å²) in [5.74, 6) is 2.04. The Balaban J connectivity index is 0.00000450. The fourth-order valence-corrected chi connectivity index (χ4v) is 2.78. The number of aryl methyl sites for hydroxylation is 2. The van der Waals surface area contributed by atoms with Gasteiger partial charge >= 0.3 is 0 Å². The number of aliphatic imine (C=N–C) groups is 1. The van der Waals surface area contributed by atoms with Gasteiger partial charge in [0.05, 0.1) is 13.7 Å². The van der Waals surface area contributed by atoms with Crippen molar-refractivity contribution in [1.29, 1.82) is 0 Å². The van der Waals surface area contributed by atoms with Gasteiger partial charge in [-0.1, -0.05) is 23.8 Å². The predicted molar refractivity (Wildman–Crippen MR) is 133 cm³/mol. The van der Waals surface area contributed by atoms with E-state index in [2.05, 4.69) is 38.9 Å². The molecule has 8 heteroatoms. The summed E-state index contributed by atoms with van der Waals surface area (Å²) in [6.07, 6.45) is 2.83. The van der Waals surface area contributed by atoms with E-state index in [0.29, 0.717) is 24.9 Å². The fourth-order valence-electron chi connectivity index (χ4n) is 2.78. The van der Waals surface area contributed by atoms with E-state index >= 15 is 0 Å². The summed E-state index contributed by atoms with van der Waals surface area (Å²) in [4.78, 5) is 20.7. The van der Waals surface area contributed by atoms with Gasteiger partial charge < -0.3 is 20.7 Å². The molecular formula is C22H32IN5O2. The van der Waals surface area contributed by atoms with Gasteiger partial charge in [-0.3, -0.25) is 9.79 Å². The van der Waals surface area contributed by atoms with E-state index in [1.165, 1.54) is 5.56 Å². The van der Waals surface area contributed by atoms with E-state index in [1.807, 2.05) is 32.0 Å². The molecule has 0 saturated heterocycles. The van der Waals surface area contributed by atoms with Crippen LogP contribution >= 0.6 is 24.0 Å². The molecule has 0 aliphatic heterocycles. The summed E-state index contributed by atoms with van der Waals surface area (Å²) < 4.78 is 5.43. The standard InChI is InChI=1S/C22H31N5O2.HI/c1-5-23-22(24-12-10-18-14-16(2)6-8-19(18)29-4)25-13-11-21(28)27-20-9-7-17(3)15-26-20;/h6-9,14-15H,5,10-13H2,1-4H3,(H2,23,24,25)(H,26,27,28);1H. The molecule has 0 radical (unpaired) electrons. The Morgan fingerprint density at radius 3 is 2.57 bits per heavy atom. The van der Waals surface area contributed by atoms with Crippen LogP contribution < -0.4 is 20.7 Å². The van der Waals surface area contributed by atoms with Crippen LogP contribution in [0.25, 0.3) is 0 Å². The molecule has 1 aromatic heterocycles. The summed E-state index contributed by atoms with van der Waals surface area (Å²) in [5, 5.41) is 9.29. The van der Waals surface area contributed by atoms with Gasteiger partial charge in [0, 0.05) is 25.7 Å². The van der Waals surface area contributed by atoms with Crippen molar-refractivity contribution >= 4 is 41.7 Å². The maximum absolute atomic E-state index is 12.1. The third-order valence-corrected chi connectivity index (χ3v) is 4.25. The number of methoxy groups -OCH3 is 1. The van der Waals surface area contributed by atoms with Crippen molar-refractivity contribution in [2.45, 2.75) is 33.6 Å². The van der Waals surface area contributed by atoms with E-state index in [-0.39, 0.29) is 36.3 Å². The zero-order chi connectivity index (χ0) is 21.1. The van der Waals surface area contributed by atoms with Crippen LogP contribution in [0, 0.1) is 13.8 Å². The second-order valence-electron chi connectivity index (χ2n) is 6.77. The predicted octanol–water partition coefficient (Wildman–Crippen LogP) is 3.45. The first-order valence-electron chi connectivity index (χ1n) is 9.90. The number of guanidine groups is 1. The van der Waals surface area contributed by atoms with Crippen molar-refractivity contribution in [3.63, 3.8) is 0 Å². The van der Waals surface area contributed by atoms with E-state index in [1.54, 1.807) is 19.4 Å². The highest BCUT2D eigenvalue weighted by atomic mass is 127. The molecule has 2 rings (SSSR count).